The highest BCUT2D eigenvalue weighted by Gasteiger charge is 2.14. The Hall–Kier alpha value is -3.14. The highest BCUT2D eigenvalue weighted by molar-refractivity contribution is 5.75. The minimum atomic E-state index is -0.988. The molecule has 114 valence electrons. The molecule has 0 radical (unpaired) electrons. The van der Waals surface area contributed by atoms with Gasteiger partial charge in [0.25, 0.3) is 0 Å². The van der Waals surface area contributed by atoms with E-state index in [0.717, 1.165) is 11.1 Å². The van der Waals surface area contributed by atoms with Crippen molar-refractivity contribution >= 4 is 6.16 Å². The second kappa shape index (κ2) is 6.75. The molecule has 0 atom stereocenters. The van der Waals surface area contributed by atoms with Crippen molar-refractivity contribution in [2.75, 3.05) is 0 Å². The largest absolute Gasteiger partial charge is 0.519 e. The molecule has 3 rings (SSSR count). The third-order valence-electron chi connectivity index (χ3n) is 3.20. The molecule has 0 bridgehead atoms. The molecule has 0 heterocycles. The first-order valence-electron chi connectivity index (χ1n) is 7.02. The van der Waals surface area contributed by atoms with Crippen LogP contribution in [0.15, 0.2) is 78.9 Å². The molecule has 0 spiro atoms. The van der Waals surface area contributed by atoms with Gasteiger partial charge in [-0.15, -0.1) is 0 Å². The van der Waals surface area contributed by atoms with Crippen molar-refractivity contribution < 1.29 is 18.7 Å². The van der Waals surface area contributed by atoms with E-state index < -0.39 is 12.0 Å². The average molecular weight is 308 g/mol. The van der Waals surface area contributed by atoms with E-state index in [0.29, 0.717) is 5.75 Å². The maximum atomic E-state index is 13.5. The number of halogens is 1. The number of ether oxygens (including phenoxy) is 2. The van der Waals surface area contributed by atoms with Gasteiger partial charge in [0.2, 0.25) is 0 Å². The Morgan fingerprint density at radius 2 is 1.26 bits per heavy atom. The molecular weight excluding hydrogens is 295 g/mol. The van der Waals surface area contributed by atoms with Crippen LogP contribution in [0.5, 0.6) is 11.5 Å². The van der Waals surface area contributed by atoms with E-state index in [4.69, 9.17) is 9.47 Å². The van der Waals surface area contributed by atoms with Crippen molar-refractivity contribution in [1.29, 1.82) is 0 Å². The van der Waals surface area contributed by atoms with Gasteiger partial charge in [-0.2, -0.15) is 0 Å². The number of benzene rings is 3. The van der Waals surface area contributed by atoms with Gasteiger partial charge in [-0.3, -0.25) is 0 Å². The van der Waals surface area contributed by atoms with E-state index in [-0.39, 0.29) is 5.75 Å². The molecule has 23 heavy (non-hydrogen) atoms. The summed E-state index contributed by atoms with van der Waals surface area (Å²) in [6, 6.07) is 22.2. The Morgan fingerprint density at radius 3 is 2.00 bits per heavy atom. The molecule has 0 saturated carbocycles. The Labute approximate surface area is 132 Å². The van der Waals surface area contributed by atoms with Gasteiger partial charge in [-0.25, -0.2) is 9.18 Å². The van der Waals surface area contributed by atoms with Crippen LogP contribution in [0.1, 0.15) is 0 Å². The maximum Gasteiger partial charge on any atom is 0.519 e. The normalized spacial score (nSPS) is 10.1. The van der Waals surface area contributed by atoms with Crippen LogP contribution in [0.4, 0.5) is 9.18 Å². The maximum absolute atomic E-state index is 13.5. The summed E-state index contributed by atoms with van der Waals surface area (Å²) in [5, 5.41) is 0. The van der Waals surface area contributed by atoms with E-state index in [9.17, 15) is 9.18 Å². The molecule has 3 nitrogen and oxygen atoms in total. The number of hydrogen-bond acceptors (Lipinski definition) is 3. The van der Waals surface area contributed by atoms with Crippen LogP contribution in [0.3, 0.4) is 0 Å². The van der Waals surface area contributed by atoms with Crippen molar-refractivity contribution in [2.24, 2.45) is 0 Å². The average Bonchev–Trinajstić information content (AvgIpc) is 2.58. The zero-order valence-electron chi connectivity index (χ0n) is 12.1. The van der Waals surface area contributed by atoms with Crippen LogP contribution in [0.25, 0.3) is 11.1 Å². The van der Waals surface area contributed by atoms with Crippen molar-refractivity contribution in [3.8, 4) is 22.6 Å². The Morgan fingerprint density at radius 1 is 0.696 bits per heavy atom. The molecule has 0 aliphatic rings. The molecule has 0 N–H and O–H groups in total. The summed E-state index contributed by atoms with van der Waals surface area (Å²) < 4.78 is 23.6. The fraction of sp³-hybridized carbons (Fsp3) is 0. The lowest BCUT2D eigenvalue weighted by molar-refractivity contribution is 0.150. The molecule has 0 fully saturated rings. The van der Waals surface area contributed by atoms with E-state index in [1.54, 1.807) is 18.2 Å². The van der Waals surface area contributed by atoms with E-state index in [1.807, 2.05) is 42.5 Å². The lowest BCUT2D eigenvalue weighted by atomic mass is 10.1. The molecule has 3 aromatic rings. The van der Waals surface area contributed by atoms with Crippen LogP contribution in [-0.4, -0.2) is 6.16 Å². The van der Waals surface area contributed by atoms with Crippen LogP contribution < -0.4 is 9.47 Å². The summed E-state index contributed by atoms with van der Waals surface area (Å²) in [4.78, 5) is 11.9. The minimum Gasteiger partial charge on any atom is -0.394 e. The zero-order valence-corrected chi connectivity index (χ0v) is 12.1. The third-order valence-corrected chi connectivity index (χ3v) is 3.20. The van der Waals surface area contributed by atoms with Crippen molar-refractivity contribution in [3.05, 3.63) is 84.7 Å². The van der Waals surface area contributed by atoms with Gasteiger partial charge in [-0.1, -0.05) is 60.7 Å². The highest BCUT2D eigenvalue weighted by atomic mass is 19.1. The first-order valence-corrected chi connectivity index (χ1v) is 7.02. The Kier molecular flexibility index (Phi) is 4.34. The topological polar surface area (TPSA) is 35.5 Å². The fourth-order valence-corrected chi connectivity index (χ4v) is 2.14. The molecular formula is C19H13FO3. The van der Waals surface area contributed by atoms with Crippen LogP contribution in [0.2, 0.25) is 0 Å². The number of carbonyl (C=O) groups is 1. The van der Waals surface area contributed by atoms with Crippen molar-refractivity contribution in [3.63, 3.8) is 0 Å². The van der Waals surface area contributed by atoms with Gasteiger partial charge >= 0.3 is 6.16 Å². The van der Waals surface area contributed by atoms with E-state index in [1.165, 1.54) is 18.2 Å². The molecule has 0 aliphatic heterocycles. The molecule has 0 saturated heterocycles. The first kappa shape index (κ1) is 14.8. The Balaban J connectivity index is 1.81. The second-order valence-corrected chi connectivity index (χ2v) is 4.75. The predicted octanol–water partition coefficient (Wildman–Crippen LogP) is 5.07. The first-order chi connectivity index (χ1) is 11.2. The molecule has 4 heteroatoms. The van der Waals surface area contributed by atoms with E-state index in [2.05, 4.69) is 0 Å². The summed E-state index contributed by atoms with van der Waals surface area (Å²) in [6.45, 7) is 0. The van der Waals surface area contributed by atoms with E-state index >= 15 is 0 Å². The monoisotopic (exact) mass is 308 g/mol. The van der Waals surface area contributed by atoms with Gasteiger partial charge in [-0.05, 0) is 23.8 Å². The summed E-state index contributed by atoms with van der Waals surface area (Å²) >= 11 is 0. The summed E-state index contributed by atoms with van der Waals surface area (Å²) in [6.07, 6.45) is -0.988. The standard InChI is InChI=1S/C19H13FO3/c20-16-11-5-7-13-18(16)23-19(21)22-17-12-6-4-10-15(17)14-8-2-1-3-9-14/h1-13H. The van der Waals surface area contributed by atoms with Crippen LogP contribution in [0, 0.1) is 5.82 Å². The summed E-state index contributed by atoms with van der Waals surface area (Å²) in [5.74, 6) is -0.449. The smallest absolute Gasteiger partial charge is 0.394 e. The number of carbonyl (C=O) groups excluding carboxylic acids is 1. The van der Waals surface area contributed by atoms with Crippen LogP contribution >= 0.6 is 0 Å². The number of hydrogen-bond donors (Lipinski definition) is 0. The van der Waals surface area contributed by atoms with Crippen molar-refractivity contribution in [1.82, 2.24) is 0 Å². The minimum absolute atomic E-state index is 0.172. The lowest BCUT2D eigenvalue weighted by Crippen LogP contribution is -2.15. The molecule has 3 aromatic carbocycles. The van der Waals surface area contributed by atoms with Gasteiger partial charge < -0.3 is 9.47 Å². The second-order valence-electron chi connectivity index (χ2n) is 4.75. The van der Waals surface area contributed by atoms with Gasteiger partial charge in [0.05, 0.1) is 0 Å². The Bertz CT molecular complexity index is 816. The quantitative estimate of drug-likeness (QED) is 0.500. The zero-order chi connectivity index (χ0) is 16.1. The van der Waals surface area contributed by atoms with Gasteiger partial charge in [0.1, 0.15) is 5.75 Å². The molecule has 0 aliphatic carbocycles. The van der Waals surface area contributed by atoms with Gasteiger partial charge in [0.15, 0.2) is 11.6 Å². The van der Waals surface area contributed by atoms with Gasteiger partial charge in [0, 0.05) is 5.56 Å². The summed E-state index contributed by atoms with van der Waals surface area (Å²) in [7, 11) is 0. The highest BCUT2D eigenvalue weighted by Crippen LogP contribution is 2.30. The SMILES string of the molecule is O=C(Oc1ccccc1F)Oc1ccccc1-c1ccccc1. The predicted molar refractivity (Wildman–Crippen MR) is 84.9 cm³/mol. The summed E-state index contributed by atoms with van der Waals surface area (Å²) in [5.41, 5.74) is 1.65. The number of para-hydroxylation sites is 2. The lowest BCUT2D eigenvalue weighted by Gasteiger charge is -2.10. The number of rotatable bonds is 3. The molecule has 0 amide bonds. The molecule has 0 aromatic heterocycles. The van der Waals surface area contributed by atoms with Crippen molar-refractivity contribution in [2.45, 2.75) is 0 Å². The van der Waals surface area contributed by atoms with Crippen LogP contribution in [-0.2, 0) is 0 Å². The molecule has 0 unspecified atom stereocenters. The third kappa shape index (κ3) is 3.55. The fourth-order valence-electron chi connectivity index (χ4n) is 2.14.